The standard InChI is InChI=1S/C18H16ClNO3S/c1-3-8-20-14-6-5-12(19)9-13(14)18(23,17(20)22)10-15(21)16-7-4-11(2)24-16/h3-7,9,23H,1,8,10H2,2H3. The van der Waals surface area contributed by atoms with E-state index in [0.717, 1.165) is 4.88 Å². The molecule has 24 heavy (non-hydrogen) atoms. The van der Waals surface area contributed by atoms with E-state index in [1.54, 1.807) is 30.3 Å². The fourth-order valence-electron chi connectivity index (χ4n) is 2.91. The Morgan fingerprint density at radius 3 is 2.79 bits per heavy atom. The van der Waals surface area contributed by atoms with Crippen LogP contribution in [0.5, 0.6) is 0 Å². The number of carbonyl (C=O) groups is 2. The minimum Gasteiger partial charge on any atom is -0.375 e. The van der Waals surface area contributed by atoms with Gasteiger partial charge in [-0.1, -0.05) is 17.7 Å². The molecule has 1 N–H and O–H groups in total. The van der Waals surface area contributed by atoms with Gasteiger partial charge in [0, 0.05) is 22.0 Å². The summed E-state index contributed by atoms with van der Waals surface area (Å²) in [6.07, 6.45) is 1.26. The highest BCUT2D eigenvalue weighted by atomic mass is 35.5. The van der Waals surface area contributed by atoms with Gasteiger partial charge in [-0.25, -0.2) is 0 Å². The molecule has 4 nitrogen and oxygen atoms in total. The molecule has 3 rings (SSSR count). The van der Waals surface area contributed by atoms with Gasteiger partial charge in [-0.2, -0.15) is 0 Å². The van der Waals surface area contributed by atoms with Crippen molar-refractivity contribution in [2.24, 2.45) is 0 Å². The Morgan fingerprint density at radius 2 is 2.17 bits per heavy atom. The molecule has 0 bridgehead atoms. The van der Waals surface area contributed by atoms with Crippen LogP contribution in [0.15, 0.2) is 43.0 Å². The van der Waals surface area contributed by atoms with Crippen molar-refractivity contribution in [3.63, 3.8) is 0 Å². The quantitative estimate of drug-likeness (QED) is 0.652. The molecule has 1 aromatic carbocycles. The lowest BCUT2D eigenvalue weighted by Gasteiger charge is -2.21. The zero-order valence-corrected chi connectivity index (χ0v) is 14.7. The van der Waals surface area contributed by atoms with Crippen LogP contribution >= 0.6 is 22.9 Å². The van der Waals surface area contributed by atoms with Gasteiger partial charge < -0.3 is 10.0 Å². The van der Waals surface area contributed by atoms with Gasteiger partial charge in [0.25, 0.3) is 5.91 Å². The van der Waals surface area contributed by atoms with E-state index in [1.807, 2.05) is 13.0 Å². The number of hydrogen-bond acceptors (Lipinski definition) is 4. The van der Waals surface area contributed by atoms with Crippen LogP contribution in [0, 0.1) is 6.92 Å². The minimum atomic E-state index is -1.90. The number of fused-ring (bicyclic) bond motifs is 1. The summed E-state index contributed by atoms with van der Waals surface area (Å²) >= 11 is 7.38. The monoisotopic (exact) mass is 361 g/mol. The smallest absolute Gasteiger partial charge is 0.264 e. The van der Waals surface area contributed by atoms with Gasteiger partial charge in [-0.15, -0.1) is 17.9 Å². The number of aryl methyl sites for hydroxylation is 1. The van der Waals surface area contributed by atoms with Crippen LogP contribution in [0.2, 0.25) is 5.02 Å². The number of amides is 1. The van der Waals surface area contributed by atoms with Gasteiger partial charge in [-0.05, 0) is 37.3 Å². The first-order valence-electron chi connectivity index (χ1n) is 7.41. The van der Waals surface area contributed by atoms with Crippen LogP contribution in [0.4, 0.5) is 5.69 Å². The van der Waals surface area contributed by atoms with Crippen LogP contribution in [-0.4, -0.2) is 23.3 Å². The van der Waals surface area contributed by atoms with E-state index >= 15 is 0 Å². The summed E-state index contributed by atoms with van der Waals surface area (Å²) in [5.41, 5.74) is -0.983. The Balaban J connectivity index is 2.02. The zero-order valence-electron chi connectivity index (χ0n) is 13.1. The van der Waals surface area contributed by atoms with Gasteiger partial charge in [0.1, 0.15) is 0 Å². The molecule has 1 aliphatic rings. The Morgan fingerprint density at radius 1 is 1.42 bits per heavy atom. The van der Waals surface area contributed by atoms with Gasteiger partial charge >= 0.3 is 0 Å². The molecule has 1 aliphatic heterocycles. The van der Waals surface area contributed by atoms with Crippen LogP contribution in [-0.2, 0) is 10.4 Å². The van der Waals surface area contributed by atoms with Crippen molar-refractivity contribution >= 4 is 40.3 Å². The van der Waals surface area contributed by atoms with Crippen molar-refractivity contribution < 1.29 is 14.7 Å². The lowest BCUT2D eigenvalue weighted by atomic mass is 9.89. The average Bonchev–Trinajstić information content (AvgIpc) is 3.05. The number of aliphatic hydroxyl groups is 1. The Labute approximate surface area is 149 Å². The minimum absolute atomic E-state index is 0.252. The molecular formula is C18H16ClNO3S. The number of carbonyl (C=O) groups excluding carboxylic acids is 2. The first-order chi connectivity index (χ1) is 11.4. The van der Waals surface area contributed by atoms with Crippen LogP contribution in [0.3, 0.4) is 0 Å². The van der Waals surface area contributed by atoms with Crippen molar-refractivity contribution in [2.75, 3.05) is 11.4 Å². The molecule has 1 unspecified atom stereocenters. The summed E-state index contributed by atoms with van der Waals surface area (Å²) in [7, 11) is 0. The van der Waals surface area contributed by atoms with Gasteiger partial charge in [0.05, 0.1) is 17.0 Å². The second-order valence-corrected chi connectivity index (χ2v) is 7.46. The van der Waals surface area contributed by atoms with E-state index < -0.39 is 11.5 Å². The normalized spacial score (nSPS) is 19.5. The predicted molar refractivity (Wildman–Crippen MR) is 95.9 cm³/mol. The van der Waals surface area contributed by atoms with Crippen molar-refractivity contribution in [3.05, 3.63) is 63.3 Å². The highest BCUT2D eigenvalue weighted by Gasteiger charge is 2.50. The maximum absolute atomic E-state index is 12.8. The summed E-state index contributed by atoms with van der Waals surface area (Å²) in [4.78, 5) is 28.3. The van der Waals surface area contributed by atoms with Crippen LogP contribution in [0.1, 0.15) is 26.5 Å². The zero-order chi connectivity index (χ0) is 17.5. The summed E-state index contributed by atoms with van der Waals surface area (Å²) in [6.45, 7) is 5.79. The molecule has 0 saturated heterocycles. The molecule has 1 aromatic heterocycles. The van der Waals surface area contributed by atoms with Crippen molar-refractivity contribution in [1.29, 1.82) is 0 Å². The molecular weight excluding hydrogens is 346 g/mol. The number of anilines is 1. The van der Waals surface area contributed by atoms with Gasteiger partial charge in [0.15, 0.2) is 11.4 Å². The number of halogens is 1. The number of rotatable bonds is 5. The van der Waals surface area contributed by atoms with E-state index in [1.165, 1.54) is 16.2 Å². The first-order valence-corrected chi connectivity index (χ1v) is 8.61. The predicted octanol–water partition coefficient (Wildman–Crippen LogP) is 3.70. The van der Waals surface area contributed by atoms with E-state index in [0.29, 0.717) is 21.2 Å². The molecule has 2 aromatic rings. The third-order valence-corrected chi connectivity index (χ3v) is 5.31. The molecule has 0 fully saturated rings. The number of hydrogen-bond donors (Lipinski definition) is 1. The molecule has 6 heteroatoms. The highest BCUT2D eigenvalue weighted by Crippen LogP contribution is 2.44. The second kappa shape index (κ2) is 6.16. The highest BCUT2D eigenvalue weighted by molar-refractivity contribution is 7.14. The lowest BCUT2D eigenvalue weighted by Crippen LogP contribution is -2.41. The number of Topliss-reactive ketones (excluding diaryl/α,β-unsaturated/α-hetero) is 1. The molecule has 0 spiro atoms. The number of thiophene rings is 1. The largest absolute Gasteiger partial charge is 0.375 e. The van der Waals surface area contributed by atoms with Crippen LogP contribution < -0.4 is 4.90 Å². The van der Waals surface area contributed by atoms with Crippen molar-refractivity contribution in [1.82, 2.24) is 0 Å². The van der Waals surface area contributed by atoms with Gasteiger partial charge in [0.2, 0.25) is 0 Å². The van der Waals surface area contributed by atoms with Crippen LogP contribution in [0.25, 0.3) is 0 Å². The third kappa shape index (κ3) is 2.69. The Hall–Kier alpha value is -1.95. The van der Waals surface area contributed by atoms with Gasteiger partial charge in [-0.3, -0.25) is 9.59 Å². The first kappa shape index (κ1) is 16.9. The molecule has 1 atom stereocenters. The maximum atomic E-state index is 12.8. The summed E-state index contributed by atoms with van der Waals surface area (Å²) in [5, 5.41) is 11.5. The number of ketones is 1. The van der Waals surface area contributed by atoms with Crippen molar-refractivity contribution in [2.45, 2.75) is 18.9 Å². The Kier molecular flexibility index (Phi) is 4.34. The molecule has 1 amide bonds. The Bertz CT molecular complexity index is 845. The number of benzene rings is 1. The number of nitrogens with zero attached hydrogens (tertiary/aromatic N) is 1. The third-order valence-electron chi connectivity index (χ3n) is 4.04. The molecule has 0 aliphatic carbocycles. The SMILES string of the molecule is C=CCN1C(=O)C(O)(CC(=O)c2ccc(C)s2)c2cc(Cl)ccc21. The maximum Gasteiger partial charge on any atom is 0.264 e. The topological polar surface area (TPSA) is 57.6 Å². The second-order valence-electron chi connectivity index (χ2n) is 5.74. The molecule has 124 valence electrons. The molecule has 2 heterocycles. The van der Waals surface area contributed by atoms with Crippen molar-refractivity contribution in [3.8, 4) is 0 Å². The van der Waals surface area contributed by atoms with E-state index in [-0.39, 0.29) is 18.7 Å². The summed E-state index contributed by atoms with van der Waals surface area (Å²) in [6, 6.07) is 8.43. The lowest BCUT2D eigenvalue weighted by molar-refractivity contribution is -0.135. The van der Waals surface area contributed by atoms with E-state index in [9.17, 15) is 14.7 Å². The molecule has 0 radical (unpaired) electrons. The molecule has 0 saturated carbocycles. The average molecular weight is 362 g/mol. The van der Waals surface area contributed by atoms with E-state index in [4.69, 9.17) is 11.6 Å². The van der Waals surface area contributed by atoms with E-state index in [2.05, 4.69) is 6.58 Å². The summed E-state index contributed by atoms with van der Waals surface area (Å²) in [5.74, 6) is -0.795. The fraction of sp³-hybridized carbons (Fsp3) is 0.222. The fourth-order valence-corrected chi connectivity index (χ4v) is 3.88. The summed E-state index contributed by atoms with van der Waals surface area (Å²) < 4.78 is 0.